The second-order valence-corrected chi connectivity index (χ2v) is 6.24. The van der Waals surface area contributed by atoms with E-state index >= 15 is 0 Å². The van der Waals surface area contributed by atoms with Gasteiger partial charge in [0.15, 0.2) is 0 Å². The molecule has 0 spiro atoms. The first kappa shape index (κ1) is 15.0. The summed E-state index contributed by atoms with van der Waals surface area (Å²) in [6.07, 6.45) is 2.71. The van der Waals surface area contributed by atoms with E-state index in [1.54, 1.807) is 0 Å². The Balaban J connectivity index is 1.72. The zero-order valence-corrected chi connectivity index (χ0v) is 13.2. The smallest absolute Gasteiger partial charge is 0.0593 e. The molecule has 1 aromatic carbocycles. The van der Waals surface area contributed by atoms with Gasteiger partial charge in [-0.15, -0.1) is 0 Å². The van der Waals surface area contributed by atoms with Gasteiger partial charge in [0.25, 0.3) is 0 Å². The van der Waals surface area contributed by atoms with Gasteiger partial charge in [0.1, 0.15) is 0 Å². The minimum Gasteiger partial charge on any atom is -0.380 e. The zero-order chi connectivity index (χ0) is 13.7. The number of likely N-dealkylation sites (N-methyl/N-ethyl adjacent to an activating group) is 1. The van der Waals surface area contributed by atoms with Gasteiger partial charge >= 0.3 is 0 Å². The zero-order valence-electron chi connectivity index (χ0n) is 11.6. The molecule has 0 bridgehead atoms. The highest BCUT2D eigenvalue weighted by atomic mass is 79.9. The van der Waals surface area contributed by atoms with Crippen LogP contribution in [0.5, 0.6) is 0 Å². The highest BCUT2D eigenvalue weighted by Gasteiger charge is 2.20. The Bertz CT molecular complexity index is 407. The summed E-state index contributed by atoms with van der Waals surface area (Å²) in [5, 5.41) is 0. The quantitative estimate of drug-likeness (QED) is 0.746. The minimum atomic E-state index is 0.587. The van der Waals surface area contributed by atoms with Gasteiger partial charge in [-0.25, -0.2) is 0 Å². The van der Waals surface area contributed by atoms with Crippen LogP contribution in [0.4, 0.5) is 0 Å². The second kappa shape index (κ2) is 7.39. The number of ether oxygens (including phenoxy) is 1. The average molecular weight is 327 g/mol. The molecule has 4 heteroatoms. The summed E-state index contributed by atoms with van der Waals surface area (Å²) in [7, 11) is 2.13. The van der Waals surface area contributed by atoms with Crippen molar-refractivity contribution in [1.82, 2.24) is 4.90 Å². The van der Waals surface area contributed by atoms with Gasteiger partial charge in [0.05, 0.1) is 6.61 Å². The van der Waals surface area contributed by atoms with Crippen LogP contribution in [-0.2, 0) is 17.8 Å². The van der Waals surface area contributed by atoms with Crippen LogP contribution in [0.2, 0.25) is 0 Å². The fourth-order valence-electron chi connectivity index (χ4n) is 1.97. The first-order valence-corrected chi connectivity index (χ1v) is 7.72. The number of nitrogens with two attached hydrogens (primary N) is 1. The molecular formula is C15H23BrN2O. The van der Waals surface area contributed by atoms with E-state index in [0.29, 0.717) is 6.54 Å². The Labute approximate surface area is 124 Å². The van der Waals surface area contributed by atoms with Crippen molar-refractivity contribution in [3.8, 4) is 0 Å². The van der Waals surface area contributed by atoms with Crippen molar-refractivity contribution >= 4 is 15.9 Å². The molecule has 19 heavy (non-hydrogen) atoms. The monoisotopic (exact) mass is 326 g/mol. The molecule has 106 valence electrons. The molecule has 0 aromatic heterocycles. The molecule has 1 fully saturated rings. The summed E-state index contributed by atoms with van der Waals surface area (Å²) < 4.78 is 6.80. The maximum Gasteiger partial charge on any atom is 0.0593 e. The fraction of sp³-hybridized carbons (Fsp3) is 0.600. The summed E-state index contributed by atoms with van der Waals surface area (Å²) in [5.41, 5.74) is 8.08. The molecular weight excluding hydrogens is 304 g/mol. The molecule has 2 N–H and O–H groups in total. The van der Waals surface area contributed by atoms with Crippen LogP contribution in [0.15, 0.2) is 22.7 Å². The highest BCUT2D eigenvalue weighted by molar-refractivity contribution is 9.10. The van der Waals surface area contributed by atoms with E-state index in [1.807, 2.05) is 0 Å². The molecule has 0 saturated heterocycles. The topological polar surface area (TPSA) is 38.5 Å². The van der Waals surface area contributed by atoms with Crippen molar-refractivity contribution in [2.45, 2.75) is 25.9 Å². The van der Waals surface area contributed by atoms with Crippen molar-refractivity contribution in [3.05, 3.63) is 33.8 Å². The number of rotatable bonds is 8. The van der Waals surface area contributed by atoms with Crippen LogP contribution < -0.4 is 5.73 Å². The first-order chi connectivity index (χ1) is 9.19. The largest absolute Gasteiger partial charge is 0.380 e. The van der Waals surface area contributed by atoms with Crippen LogP contribution in [-0.4, -0.2) is 31.7 Å². The maximum absolute atomic E-state index is 5.66. The number of hydrogen-bond acceptors (Lipinski definition) is 3. The van der Waals surface area contributed by atoms with E-state index in [-0.39, 0.29) is 0 Å². The lowest BCUT2D eigenvalue weighted by Crippen LogP contribution is -2.23. The first-order valence-electron chi connectivity index (χ1n) is 6.92. The third kappa shape index (κ3) is 5.22. The predicted molar refractivity (Wildman–Crippen MR) is 81.9 cm³/mol. The molecule has 1 aliphatic rings. The number of halogens is 1. The Morgan fingerprint density at radius 1 is 1.42 bits per heavy atom. The molecule has 1 aromatic rings. The molecule has 0 amide bonds. The highest BCUT2D eigenvalue weighted by Crippen LogP contribution is 2.28. The molecule has 0 radical (unpaired) electrons. The van der Waals surface area contributed by atoms with E-state index in [0.717, 1.165) is 42.3 Å². The number of nitrogens with zero attached hydrogens (tertiary/aromatic N) is 1. The van der Waals surface area contributed by atoms with Crippen molar-refractivity contribution < 1.29 is 4.74 Å². The summed E-state index contributed by atoms with van der Waals surface area (Å²) in [5.74, 6) is 0.850. The third-order valence-corrected chi connectivity index (χ3v) is 4.20. The van der Waals surface area contributed by atoms with E-state index in [1.165, 1.54) is 18.4 Å². The molecule has 1 aliphatic carbocycles. The normalized spacial score (nSPS) is 15.2. The number of hydrogen-bond donors (Lipinski definition) is 1. The van der Waals surface area contributed by atoms with Crippen molar-refractivity contribution in [3.63, 3.8) is 0 Å². The van der Waals surface area contributed by atoms with Crippen LogP contribution in [0.3, 0.4) is 0 Å². The van der Waals surface area contributed by atoms with Crippen LogP contribution in [0.25, 0.3) is 0 Å². The average Bonchev–Trinajstić information content (AvgIpc) is 3.21. The fourth-order valence-corrected chi connectivity index (χ4v) is 2.52. The van der Waals surface area contributed by atoms with Gasteiger partial charge in [-0.3, -0.25) is 4.90 Å². The molecule has 0 unspecified atom stereocenters. The Kier molecular flexibility index (Phi) is 5.82. The molecule has 0 heterocycles. The van der Waals surface area contributed by atoms with Crippen molar-refractivity contribution in [2.75, 3.05) is 26.8 Å². The van der Waals surface area contributed by atoms with Crippen LogP contribution in [0, 0.1) is 5.92 Å². The van der Waals surface area contributed by atoms with E-state index < -0.39 is 0 Å². The second-order valence-electron chi connectivity index (χ2n) is 5.39. The van der Waals surface area contributed by atoms with Gasteiger partial charge in [-0.2, -0.15) is 0 Å². The van der Waals surface area contributed by atoms with Gasteiger partial charge < -0.3 is 10.5 Å². The van der Waals surface area contributed by atoms with Crippen LogP contribution >= 0.6 is 15.9 Å². The molecule has 0 atom stereocenters. The predicted octanol–water partition coefficient (Wildman–Crippen LogP) is 2.77. The van der Waals surface area contributed by atoms with Gasteiger partial charge in [0, 0.05) is 30.7 Å². The summed E-state index contributed by atoms with van der Waals surface area (Å²) in [4.78, 5) is 2.29. The minimum absolute atomic E-state index is 0.587. The molecule has 0 aliphatic heterocycles. The Morgan fingerprint density at radius 2 is 2.21 bits per heavy atom. The van der Waals surface area contributed by atoms with E-state index in [9.17, 15) is 0 Å². The lowest BCUT2D eigenvalue weighted by molar-refractivity contribution is 0.102. The van der Waals surface area contributed by atoms with Crippen molar-refractivity contribution in [2.24, 2.45) is 11.7 Å². The lowest BCUT2D eigenvalue weighted by Gasteiger charge is -2.18. The summed E-state index contributed by atoms with van der Waals surface area (Å²) in [6.45, 7) is 4.26. The standard InChI is InChI=1S/C15H23BrN2O/c1-18(6-7-19-11-12-2-3-12)10-14-5-4-13(9-17)8-15(14)16/h4-5,8,12H,2-3,6-7,9-11,17H2,1H3. The molecule has 1 saturated carbocycles. The third-order valence-electron chi connectivity index (χ3n) is 3.46. The molecule has 2 rings (SSSR count). The van der Waals surface area contributed by atoms with E-state index in [2.05, 4.69) is 46.1 Å². The number of benzene rings is 1. The Morgan fingerprint density at radius 3 is 2.84 bits per heavy atom. The maximum atomic E-state index is 5.66. The van der Waals surface area contributed by atoms with Gasteiger partial charge in [0.2, 0.25) is 0 Å². The van der Waals surface area contributed by atoms with Gasteiger partial charge in [-0.05, 0) is 43.0 Å². The summed E-state index contributed by atoms with van der Waals surface area (Å²) >= 11 is 3.61. The van der Waals surface area contributed by atoms with Crippen LogP contribution in [0.1, 0.15) is 24.0 Å². The van der Waals surface area contributed by atoms with Crippen molar-refractivity contribution in [1.29, 1.82) is 0 Å². The lowest BCUT2D eigenvalue weighted by atomic mass is 10.1. The van der Waals surface area contributed by atoms with E-state index in [4.69, 9.17) is 10.5 Å². The Hall–Kier alpha value is -0.420. The summed E-state index contributed by atoms with van der Waals surface area (Å²) in [6, 6.07) is 6.35. The molecule has 3 nitrogen and oxygen atoms in total. The van der Waals surface area contributed by atoms with Gasteiger partial charge in [-0.1, -0.05) is 28.1 Å². The SMILES string of the molecule is CN(CCOCC1CC1)Cc1ccc(CN)cc1Br.